The molecule has 1 aromatic rings. The van der Waals surface area contributed by atoms with Gasteiger partial charge in [-0.3, -0.25) is 5.32 Å². The molecule has 3 nitrogen and oxygen atoms in total. The zero-order valence-electron chi connectivity index (χ0n) is 9.05. The highest BCUT2D eigenvalue weighted by Gasteiger charge is 2.30. The largest absolute Gasteiger partial charge is 0.416 e. The summed E-state index contributed by atoms with van der Waals surface area (Å²) in [4.78, 5) is 3.94. The van der Waals surface area contributed by atoms with Crippen molar-refractivity contribution in [2.45, 2.75) is 6.18 Å². The van der Waals surface area contributed by atoms with E-state index in [2.05, 4.69) is 10.3 Å². The lowest BCUT2D eigenvalue weighted by molar-refractivity contribution is -0.137. The van der Waals surface area contributed by atoms with Crippen LogP contribution >= 0.6 is 23.4 Å². The van der Waals surface area contributed by atoms with Crippen LogP contribution in [-0.4, -0.2) is 11.4 Å². The summed E-state index contributed by atoms with van der Waals surface area (Å²) < 4.78 is 37.2. The molecule has 18 heavy (non-hydrogen) atoms. The fourth-order valence-electron chi connectivity index (χ4n) is 1.06. The van der Waals surface area contributed by atoms with Crippen LogP contribution in [0, 0.1) is 11.5 Å². The molecule has 0 saturated heterocycles. The third kappa shape index (κ3) is 3.82. The number of amidine groups is 1. The number of aliphatic imine (C=N–C) groups is 1. The SMILES string of the molecule is CSC(=Nc1ccc(C(F)(F)F)cc1Cl)NC#N. The normalized spacial score (nSPS) is 12.1. The predicted molar refractivity (Wildman–Crippen MR) is 65.8 cm³/mol. The van der Waals surface area contributed by atoms with Crippen LogP contribution in [0.2, 0.25) is 5.02 Å². The molecule has 0 radical (unpaired) electrons. The summed E-state index contributed by atoms with van der Waals surface area (Å²) in [6, 6.07) is 2.83. The molecule has 0 heterocycles. The third-order valence-corrected chi connectivity index (χ3v) is 2.74. The van der Waals surface area contributed by atoms with E-state index in [1.54, 1.807) is 12.4 Å². The molecule has 8 heteroatoms. The predicted octanol–water partition coefficient (Wildman–Crippen LogP) is 3.78. The first-order valence-electron chi connectivity index (χ1n) is 4.53. The van der Waals surface area contributed by atoms with Gasteiger partial charge in [0.05, 0.1) is 16.3 Å². The number of benzene rings is 1. The Labute approximate surface area is 111 Å². The second kappa shape index (κ2) is 5.98. The van der Waals surface area contributed by atoms with Crippen molar-refractivity contribution in [2.24, 2.45) is 4.99 Å². The maximum Gasteiger partial charge on any atom is 0.416 e. The number of alkyl halides is 3. The van der Waals surface area contributed by atoms with Crippen molar-refractivity contribution in [3.63, 3.8) is 0 Å². The maximum absolute atomic E-state index is 12.4. The van der Waals surface area contributed by atoms with Gasteiger partial charge in [0.15, 0.2) is 11.4 Å². The van der Waals surface area contributed by atoms with Gasteiger partial charge in [-0.1, -0.05) is 23.4 Å². The van der Waals surface area contributed by atoms with Gasteiger partial charge in [0, 0.05) is 0 Å². The number of rotatable bonds is 1. The molecule has 0 fully saturated rings. The van der Waals surface area contributed by atoms with Crippen molar-refractivity contribution < 1.29 is 13.2 Å². The zero-order valence-corrected chi connectivity index (χ0v) is 10.6. The van der Waals surface area contributed by atoms with E-state index >= 15 is 0 Å². The fraction of sp³-hybridized carbons (Fsp3) is 0.200. The molecule has 1 rings (SSSR count). The van der Waals surface area contributed by atoms with Crippen LogP contribution in [0.5, 0.6) is 0 Å². The molecule has 0 atom stereocenters. The molecule has 0 aliphatic carbocycles. The second-order valence-corrected chi connectivity index (χ2v) is 4.22. The molecule has 0 aromatic heterocycles. The molecule has 0 aliphatic heterocycles. The van der Waals surface area contributed by atoms with Crippen LogP contribution in [0.15, 0.2) is 23.2 Å². The number of hydrogen-bond acceptors (Lipinski definition) is 3. The topological polar surface area (TPSA) is 48.2 Å². The number of nitriles is 1. The summed E-state index contributed by atoms with van der Waals surface area (Å²) in [6.45, 7) is 0. The summed E-state index contributed by atoms with van der Waals surface area (Å²) >= 11 is 6.85. The van der Waals surface area contributed by atoms with Crippen molar-refractivity contribution in [1.29, 1.82) is 5.26 Å². The second-order valence-electron chi connectivity index (χ2n) is 3.02. The van der Waals surface area contributed by atoms with Crippen molar-refractivity contribution >= 4 is 34.2 Å². The monoisotopic (exact) mass is 293 g/mol. The number of nitrogens with one attached hydrogen (secondary N) is 1. The van der Waals surface area contributed by atoms with Crippen molar-refractivity contribution in [3.05, 3.63) is 28.8 Å². The minimum Gasteiger partial charge on any atom is -0.271 e. The van der Waals surface area contributed by atoms with E-state index in [-0.39, 0.29) is 15.9 Å². The Bertz CT molecular complexity index is 508. The molecule has 0 spiro atoms. The average Bonchev–Trinajstić information content (AvgIpc) is 2.29. The van der Waals surface area contributed by atoms with Gasteiger partial charge in [-0.25, -0.2) is 4.99 Å². The lowest BCUT2D eigenvalue weighted by Crippen LogP contribution is -2.12. The summed E-state index contributed by atoms with van der Waals surface area (Å²) in [7, 11) is 0. The van der Waals surface area contributed by atoms with Crippen molar-refractivity contribution in [1.82, 2.24) is 5.32 Å². The van der Waals surface area contributed by atoms with Gasteiger partial charge in [-0.05, 0) is 24.5 Å². The molecule has 96 valence electrons. The summed E-state index contributed by atoms with van der Waals surface area (Å²) in [5, 5.41) is 10.8. The van der Waals surface area contributed by atoms with Gasteiger partial charge in [0.25, 0.3) is 0 Å². The molecule has 0 bridgehead atoms. The lowest BCUT2D eigenvalue weighted by Gasteiger charge is -2.08. The molecular formula is C10H7ClF3N3S. The van der Waals surface area contributed by atoms with Crippen LogP contribution in [0.25, 0.3) is 0 Å². The first kappa shape index (κ1) is 14.7. The Morgan fingerprint density at radius 1 is 1.50 bits per heavy atom. The molecule has 0 amide bonds. The minimum absolute atomic E-state index is 0.129. The van der Waals surface area contributed by atoms with E-state index in [1.807, 2.05) is 0 Å². The highest BCUT2D eigenvalue weighted by atomic mass is 35.5. The number of thioether (sulfide) groups is 1. The average molecular weight is 294 g/mol. The number of nitrogens with zero attached hydrogens (tertiary/aromatic N) is 2. The zero-order chi connectivity index (χ0) is 13.8. The lowest BCUT2D eigenvalue weighted by atomic mass is 10.2. The van der Waals surface area contributed by atoms with Gasteiger partial charge in [-0.15, -0.1) is 0 Å². The van der Waals surface area contributed by atoms with Gasteiger partial charge >= 0.3 is 6.18 Å². The third-order valence-electron chi connectivity index (χ3n) is 1.85. The fourth-order valence-corrected chi connectivity index (χ4v) is 1.62. The van der Waals surface area contributed by atoms with E-state index < -0.39 is 11.7 Å². The summed E-state index contributed by atoms with van der Waals surface area (Å²) in [5.41, 5.74) is -0.679. The van der Waals surface area contributed by atoms with Crippen molar-refractivity contribution in [3.8, 4) is 6.19 Å². The molecule has 1 aromatic carbocycles. The minimum atomic E-state index is -4.45. The van der Waals surface area contributed by atoms with Crippen LogP contribution in [0.4, 0.5) is 18.9 Å². The van der Waals surface area contributed by atoms with E-state index in [1.165, 1.54) is 0 Å². The van der Waals surface area contributed by atoms with Gasteiger partial charge in [-0.2, -0.15) is 18.4 Å². The number of hydrogen-bond donors (Lipinski definition) is 1. The molecule has 0 saturated carbocycles. The molecular weight excluding hydrogens is 287 g/mol. The van der Waals surface area contributed by atoms with Crippen LogP contribution in [0.3, 0.4) is 0 Å². The molecule has 0 unspecified atom stereocenters. The summed E-state index contributed by atoms with van der Waals surface area (Å²) in [5.74, 6) is 0. The Balaban J connectivity index is 3.11. The Morgan fingerprint density at radius 2 is 2.17 bits per heavy atom. The van der Waals surface area contributed by atoms with E-state index in [9.17, 15) is 13.2 Å². The number of halogens is 4. The Kier molecular flexibility index (Phi) is 4.87. The maximum atomic E-state index is 12.4. The molecule has 0 aliphatic rings. The van der Waals surface area contributed by atoms with E-state index in [4.69, 9.17) is 16.9 Å². The Morgan fingerprint density at radius 3 is 2.61 bits per heavy atom. The standard InChI is InChI=1S/C10H7ClF3N3S/c1-18-9(16-5-15)17-8-3-2-6(4-7(8)11)10(12,13)14/h2-4H,1H3,(H,16,17). The first-order valence-corrected chi connectivity index (χ1v) is 6.13. The van der Waals surface area contributed by atoms with Crippen molar-refractivity contribution in [2.75, 3.05) is 6.26 Å². The Hall–Kier alpha value is -1.39. The quantitative estimate of drug-likeness (QED) is 0.371. The smallest absolute Gasteiger partial charge is 0.271 e. The van der Waals surface area contributed by atoms with Gasteiger partial charge in [0.1, 0.15) is 0 Å². The highest BCUT2D eigenvalue weighted by Crippen LogP contribution is 2.34. The van der Waals surface area contributed by atoms with Crippen LogP contribution in [0.1, 0.15) is 5.56 Å². The van der Waals surface area contributed by atoms with E-state index in [0.29, 0.717) is 0 Å². The van der Waals surface area contributed by atoms with Gasteiger partial charge in [0.2, 0.25) is 0 Å². The summed E-state index contributed by atoms with van der Waals surface area (Å²) in [6.07, 6.45) is -1.11. The van der Waals surface area contributed by atoms with E-state index in [0.717, 1.165) is 30.0 Å². The van der Waals surface area contributed by atoms with Gasteiger partial charge < -0.3 is 0 Å². The first-order chi connectivity index (χ1) is 8.38. The van der Waals surface area contributed by atoms with Crippen LogP contribution in [-0.2, 0) is 6.18 Å². The highest BCUT2D eigenvalue weighted by molar-refractivity contribution is 8.13. The van der Waals surface area contributed by atoms with Crippen LogP contribution < -0.4 is 5.32 Å². The molecule has 1 N–H and O–H groups in total.